The lowest BCUT2D eigenvalue weighted by molar-refractivity contribution is -0.384. The van der Waals surface area contributed by atoms with Gasteiger partial charge in [0.15, 0.2) is 0 Å². The minimum atomic E-state index is -4.69. The normalized spacial score (nSPS) is 11.1. The van der Waals surface area contributed by atoms with E-state index in [0.717, 1.165) is 0 Å². The van der Waals surface area contributed by atoms with Gasteiger partial charge in [-0.25, -0.2) is 4.98 Å². The third kappa shape index (κ3) is 4.93. The Hall–Kier alpha value is -3.89. The number of benzene rings is 2. The number of halogens is 3. The van der Waals surface area contributed by atoms with Gasteiger partial charge < -0.3 is 15.4 Å². The van der Waals surface area contributed by atoms with Gasteiger partial charge in [0, 0.05) is 24.0 Å². The molecule has 0 saturated heterocycles. The Morgan fingerprint density at radius 3 is 2.43 bits per heavy atom. The molecule has 3 aromatic rings. The van der Waals surface area contributed by atoms with E-state index in [2.05, 4.69) is 20.6 Å². The van der Waals surface area contributed by atoms with Crippen molar-refractivity contribution in [2.75, 3.05) is 17.2 Å². The molecule has 11 heteroatoms. The predicted octanol–water partition coefficient (Wildman–Crippen LogP) is 5.29. The quantitative estimate of drug-likeness (QED) is 0.396. The van der Waals surface area contributed by atoms with Crippen molar-refractivity contribution in [2.45, 2.75) is 13.1 Å². The lowest BCUT2D eigenvalue weighted by atomic mass is 10.2. The van der Waals surface area contributed by atoms with Gasteiger partial charge in [-0.1, -0.05) is 12.1 Å². The first-order valence-electron chi connectivity index (χ1n) is 8.72. The zero-order valence-corrected chi connectivity index (χ0v) is 15.6. The molecule has 0 bridgehead atoms. The van der Waals surface area contributed by atoms with Crippen molar-refractivity contribution in [1.82, 2.24) is 9.97 Å². The van der Waals surface area contributed by atoms with E-state index in [1.165, 1.54) is 24.3 Å². The molecular formula is C19H16F3N5O3. The molecule has 0 amide bonds. The first kappa shape index (κ1) is 20.8. The van der Waals surface area contributed by atoms with Gasteiger partial charge in [0.05, 0.1) is 17.2 Å². The van der Waals surface area contributed by atoms with Crippen LogP contribution in [-0.4, -0.2) is 21.5 Å². The van der Waals surface area contributed by atoms with Crippen LogP contribution in [0.25, 0.3) is 0 Å². The second kappa shape index (κ2) is 8.64. The van der Waals surface area contributed by atoms with Crippen LogP contribution in [0.3, 0.4) is 0 Å². The number of nitrogens with one attached hydrogen (secondary N) is 2. The summed E-state index contributed by atoms with van der Waals surface area (Å²) in [6.07, 6.45) is -4.03. The molecule has 30 heavy (non-hydrogen) atoms. The van der Waals surface area contributed by atoms with Gasteiger partial charge >= 0.3 is 6.18 Å². The van der Waals surface area contributed by atoms with Gasteiger partial charge in [0.2, 0.25) is 5.95 Å². The third-order valence-electron chi connectivity index (χ3n) is 3.87. The molecular weight excluding hydrogens is 403 g/mol. The largest absolute Gasteiger partial charge is 0.492 e. The molecule has 0 fully saturated rings. The molecule has 0 aliphatic rings. The summed E-state index contributed by atoms with van der Waals surface area (Å²) in [6, 6.07) is 11.8. The molecule has 0 spiro atoms. The van der Waals surface area contributed by atoms with Crippen LogP contribution in [0.1, 0.15) is 12.5 Å². The number of nitrogens with zero attached hydrogens (tertiary/aromatic N) is 3. The van der Waals surface area contributed by atoms with Gasteiger partial charge in [-0.2, -0.15) is 18.2 Å². The average molecular weight is 419 g/mol. The Balaban J connectivity index is 1.93. The number of nitro groups is 1. The van der Waals surface area contributed by atoms with Crippen LogP contribution < -0.4 is 15.4 Å². The highest BCUT2D eigenvalue weighted by molar-refractivity contribution is 5.67. The summed E-state index contributed by atoms with van der Waals surface area (Å²) < 4.78 is 45.8. The fourth-order valence-corrected chi connectivity index (χ4v) is 2.52. The minimum absolute atomic E-state index is 0.117. The predicted molar refractivity (Wildman–Crippen MR) is 104 cm³/mol. The fraction of sp³-hybridized carbons (Fsp3) is 0.158. The summed E-state index contributed by atoms with van der Waals surface area (Å²) in [5.41, 5.74) is -0.488. The van der Waals surface area contributed by atoms with Crippen LogP contribution in [0, 0.1) is 10.1 Å². The van der Waals surface area contributed by atoms with E-state index < -0.39 is 22.5 Å². The maximum atomic E-state index is 13.4. The maximum absolute atomic E-state index is 13.4. The van der Waals surface area contributed by atoms with Crippen molar-refractivity contribution < 1.29 is 22.8 Å². The van der Waals surface area contributed by atoms with E-state index in [0.29, 0.717) is 29.9 Å². The number of alkyl halides is 3. The Morgan fingerprint density at radius 2 is 1.80 bits per heavy atom. The second-order valence-electron chi connectivity index (χ2n) is 5.94. The Morgan fingerprint density at radius 1 is 1.10 bits per heavy atom. The standard InChI is InChI=1S/C19H16F3N5O3/c1-2-30-16-6-4-3-5-15(16)25-17-14(19(20,21)22)11-23-18(26-17)24-12-7-9-13(10-8-12)27(28)29/h3-11H,2H2,1H3,(H2,23,24,25,26). The molecule has 1 aromatic heterocycles. The highest BCUT2D eigenvalue weighted by Crippen LogP contribution is 2.37. The average Bonchev–Trinajstić information content (AvgIpc) is 2.69. The van der Waals surface area contributed by atoms with Crippen LogP contribution in [0.4, 0.5) is 42.0 Å². The highest BCUT2D eigenvalue weighted by atomic mass is 19.4. The Bertz CT molecular complexity index is 1040. The summed E-state index contributed by atoms with van der Waals surface area (Å²) in [5.74, 6) is -0.209. The highest BCUT2D eigenvalue weighted by Gasteiger charge is 2.35. The molecule has 0 atom stereocenters. The molecule has 2 N–H and O–H groups in total. The van der Waals surface area contributed by atoms with E-state index in [1.54, 1.807) is 31.2 Å². The zero-order valence-electron chi connectivity index (χ0n) is 15.6. The molecule has 0 saturated carbocycles. The molecule has 1 heterocycles. The molecule has 156 valence electrons. The number of para-hydroxylation sites is 2. The van der Waals surface area contributed by atoms with Crippen LogP contribution in [0.15, 0.2) is 54.7 Å². The number of anilines is 4. The van der Waals surface area contributed by atoms with E-state index in [1.807, 2.05) is 0 Å². The lowest BCUT2D eigenvalue weighted by Gasteiger charge is -2.16. The molecule has 0 unspecified atom stereocenters. The molecule has 3 rings (SSSR count). The van der Waals surface area contributed by atoms with Gasteiger partial charge in [0.25, 0.3) is 5.69 Å². The Labute approximate surface area is 168 Å². The summed E-state index contributed by atoms with van der Waals surface area (Å²) in [7, 11) is 0. The van der Waals surface area contributed by atoms with Gasteiger partial charge in [0.1, 0.15) is 17.1 Å². The number of hydrogen-bond acceptors (Lipinski definition) is 7. The molecule has 8 nitrogen and oxygen atoms in total. The van der Waals surface area contributed by atoms with Crippen LogP contribution in [-0.2, 0) is 6.18 Å². The van der Waals surface area contributed by atoms with Gasteiger partial charge in [-0.3, -0.25) is 10.1 Å². The van der Waals surface area contributed by atoms with Crippen LogP contribution >= 0.6 is 0 Å². The summed E-state index contributed by atoms with van der Waals surface area (Å²) in [5, 5.41) is 16.1. The second-order valence-corrected chi connectivity index (χ2v) is 5.94. The first-order chi connectivity index (χ1) is 14.3. The van der Waals surface area contributed by atoms with Crippen molar-refractivity contribution >= 4 is 28.8 Å². The first-order valence-corrected chi connectivity index (χ1v) is 8.72. The number of hydrogen-bond donors (Lipinski definition) is 2. The van der Waals surface area contributed by atoms with Crippen molar-refractivity contribution in [1.29, 1.82) is 0 Å². The SMILES string of the molecule is CCOc1ccccc1Nc1nc(Nc2ccc([N+](=O)[O-])cc2)ncc1C(F)(F)F. The minimum Gasteiger partial charge on any atom is -0.492 e. The monoisotopic (exact) mass is 419 g/mol. The van der Waals surface area contributed by atoms with E-state index in [9.17, 15) is 23.3 Å². The van der Waals surface area contributed by atoms with E-state index in [-0.39, 0.29) is 11.6 Å². The van der Waals surface area contributed by atoms with E-state index >= 15 is 0 Å². The molecule has 0 radical (unpaired) electrons. The zero-order chi connectivity index (χ0) is 21.7. The number of aromatic nitrogens is 2. The number of ether oxygens (including phenoxy) is 1. The summed E-state index contributed by atoms with van der Waals surface area (Å²) >= 11 is 0. The molecule has 0 aliphatic heterocycles. The Kier molecular flexibility index (Phi) is 6.00. The molecule has 0 aliphatic carbocycles. The fourth-order valence-electron chi connectivity index (χ4n) is 2.52. The van der Waals surface area contributed by atoms with Crippen molar-refractivity contribution in [2.24, 2.45) is 0 Å². The van der Waals surface area contributed by atoms with Crippen LogP contribution in [0.2, 0.25) is 0 Å². The number of rotatable bonds is 7. The summed E-state index contributed by atoms with van der Waals surface area (Å²) in [6.45, 7) is 2.09. The third-order valence-corrected chi connectivity index (χ3v) is 3.87. The number of nitro benzene ring substituents is 1. The van der Waals surface area contributed by atoms with Gasteiger partial charge in [-0.15, -0.1) is 0 Å². The van der Waals surface area contributed by atoms with Crippen molar-refractivity contribution in [3.8, 4) is 5.75 Å². The van der Waals surface area contributed by atoms with E-state index in [4.69, 9.17) is 4.74 Å². The number of non-ortho nitro benzene ring substituents is 1. The summed E-state index contributed by atoms with van der Waals surface area (Å²) in [4.78, 5) is 17.8. The topological polar surface area (TPSA) is 102 Å². The smallest absolute Gasteiger partial charge is 0.421 e. The van der Waals surface area contributed by atoms with Crippen LogP contribution in [0.5, 0.6) is 5.75 Å². The maximum Gasteiger partial charge on any atom is 0.421 e. The molecule has 2 aromatic carbocycles. The van der Waals surface area contributed by atoms with Gasteiger partial charge in [-0.05, 0) is 31.2 Å². The lowest BCUT2D eigenvalue weighted by Crippen LogP contribution is -2.13. The van der Waals surface area contributed by atoms with Crippen molar-refractivity contribution in [3.05, 3.63) is 70.4 Å². The van der Waals surface area contributed by atoms with Crippen molar-refractivity contribution in [3.63, 3.8) is 0 Å².